The number of methoxy groups -OCH3 is 2. The van der Waals surface area contributed by atoms with Gasteiger partial charge in [-0.05, 0) is 33.8 Å². The van der Waals surface area contributed by atoms with E-state index in [4.69, 9.17) is 14.2 Å². The van der Waals surface area contributed by atoms with Crippen molar-refractivity contribution >= 4 is 10.8 Å². The highest BCUT2D eigenvalue weighted by Crippen LogP contribution is 2.49. The summed E-state index contributed by atoms with van der Waals surface area (Å²) in [7, 11) is 3.03. The van der Waals surface area contributed by atoms with E-state index in [1.807, 2.05) is 20.8 Å². The standard InChI is InChI=1S/C17H22O5/c1-9-14(18)13-11(7-10(20-5)8-12(13)21-6)15(19)16(9)22-17(2,3)4/h7-8,18-19H,1-6H3. The molecule has 0 saturated carbocycles. The Balaban J connectivity index is 2.87. The van der Waals surface area contributed by atoms with E-state index in [1.165, 1.54) is 14.2 Å². The second kappa shape index (κ2) is 5.48. The molecule has 0 spiro atoms. The van der Waals surface area contributed by atoms with Gasteiger partial charge in [-0.15, -0.1) is 0 Å². The number of benzene rings is 2. The number of fused-ring (bicyclic) bond motifs is 1. The molecule has 2 aromatic carbocycles. The number of hydrogen-bond donors (Lipinski definition) is 2. The van der Waals surface area contributed by atoms with Gasteiger partial charge in [0.1, 0.15) is 22.8 Å². The van der Waals surface area contributed by atoms with Crippen molar-refractivity contribution < 1.29 is 24.4 Å². The molecular weight excluding hydrogens is 284 g/mol. The molecular formula is C17H22O5. The van der Waals surface area contributed by atoms with Crippen molar-refractivity contribution in [3.8, 4) is 28.7 Å². The molecule has 0 bridgehead atoms. The first-order chi connectivity index (χ1) is 10.2. The Morgan fingerprint density at radius 3 is 2.09 bits per heavy atom. The maximum atomic E-state index is 10.6. The first kappa shape index (κ1) is 16.1. The van der Waals surface area contributed by atoms with Gasteiger partial charge in [0.15, 0.2) is 11.5 Å². The molecule has 2 rings (SSSR count). The van der Waals surface area contributed by atoms with Gasteiger partial charge in [0.2, 0.25) is 0 Å². The summed E-state index contributed by atoms with van der Waals surface area (Å²) in [5.41, 5.74) is -0.0471. The zero-order valence-electron chi connectivity index (χ0n) is 13.8. The Morgan fingerprint density at radius 1 is 0.955 bits per heavy atom. The molecule has 2 N–H and O–H groups in total. The summed E-state index contributed by atoms with van der Waals surface area (Å²) in [6.07, 6.45) is 0. The van der Waals surface area contributed by atoms with Crippen LogP contribution in [-0.4, -0.2) is 30.0 Å². The fraction of sp³-hybridized carbons (Fsp3) is 0.412. The molecule has 0 unspecified atom stereocenters. The summed E-state index contributed by atoms with van der Waals surface area (Å²) in [5, 5.41) is 22.0. The largest absolute Gasteiger partial charge is 0.507 e. The summed E-state index contributed by atoms with van der Waals surface area (Å²) in [6, 6.07) is 3.30. The Kier molecular flexibility index (Phi) is 4.00. The first-order valence-corrected chi connectivity index (χ1v) is 6.98. The van der Waals surface area contributed by atoms with E-state index in [0.29, 0.717) is 27.8 Å². The van der Waals surface area contributed by atoms with Gasteiger partial charge in [0, 0.05) is 17.0 Å². The molecule has 0 atom stereocenters. The van der Waals surface area contributed by atoms with E-state index < -0.39 is 5.60 Å². The lowest BCUT2D eigenvalue weighted by Crippen LogP contribution is -2.23. The maximum Gasteiger partial charge on any atom is 0.168 e. The topological polar surface area (TPSA) is 68.2 Å². The third-order valence-electron chi connectivity index (χ3n) is 3.34. The molecule has 0 aromatic heterocycles. The fourth-order valence-electron chi connectivity index (χ4n) is 2.33. The zero-order valence-corrected chi connectivity index (χ0v) is 13.8. The minimum Gasteiger partial charge on any atom is -0.507 e. The van der Waals surface area contributed by atoms with Crippen molar-refractivity contribution in [2.45, 2.75) is 33.3 Å². The van der Waals surface area contributed by atoms with Gasteiger partial charge in [0.25, 0.3) is 0 Å². The van der Waals surface area contributed by atoms with Gasteiger partial charge in [-0.2, -0.15) is 0 Å². The Bertz CT molecular complexity index is 714. The van der Waals surface area contributed by atoms with E-state index in [9.17, 15) is 10.2 Å². The summed E-state index contributed by atoms with van der Waals surface area (Å²) < 4.78 is 16.3. The smallest absolute Gasteiger partial charge is 0.168 e. The molecule has 0 aliphatic heterocycles. The lowest BCUT2D eigenvalue weighted by molar-refractivity contribution is 0.125. The van der Waals surface area contributed by atoms with Gasteiger partial charge in [-0.1, -0.05) is 0 Å². The quantitative estimate of drug-likeness (QED) is 0.845. The average molecular weight is 306 g/mol. The van der Waals surface area contributed by atoms with Gasteiger partial charge >= 0.3 is 0 Å². The lowest BCUT2D eigenvalue weighted by atomic mass is 10.0. The van der Waals surface area contributed by atoms with Crippen molar-refractivity contribution in [1.82, 2.24) is 0 Å². The molecule has 5 heteroatoms. The summed E-state index contributed by atoms with van der Waals surface area (Å²) in [6.45, 7) is 7.32. The monoisotopic (exact) mass is 306 g/mol. The van der Waals surface area contributed by atoms with Crippen LogP contribution in [0.2, 0.25) is 0 Å². The molecule has 5 nitrogen and oxygen atoms in total. The molecule has 22 heavy (non-hydrogen) atoms. The highest BCUT2D eigenvalue weighted by Gasteiger charge is 2.24. The Morgan fingerprint density at radius 2 is 1.59 bits per heavy atom. The van der Waals surface area contributed by atoms with Crippen LogP contribution in [-0.2, 0) is 0 Å². The maximum absolute atomic E-state index is 10.6. The van der Waals surface area contributed by atoms with E-state index in [2.05, 4.69) is 0 Å². The van der Waals surface area contributed by atoms with Crippen LogP contribution in [0.3, 0.4) is 0 Å². The van der Waals surface area contributed by atoms with Crippen LogP contribution in [0.4, 0.5) is 0 Å². The van der Waals surface area contributed by atoms with E-state index >= 15 is 0 Å². The molecule has 0 aliphatic rings. The highest BCUT2D eigenvalue weighted by atomic mass is 16.5. The van der Waals surface area contributed by atoms with Crippen molar-refractivity contribution in [3.05, 3.63) is 17.7 Å². The first-order valence-electron chi connectivity index (χ1n) is 6.98. The van der Waals surface area contributed by atoms with Crippen LogP contribution in [0.5, 0.6) is 28.7 Å². The SMILES string of the molecule is COc1cc(OC)c2c(O)c(C)c(OC(C)(C)C)c(O)c2c1. The van der Waals surface area contributed by atoms with Gasteiger partial charge in [-0.25, -0.2) is 0 Å². The predicted octanol–water partition coefficient (Wildman–Crippen LogP) is 3.75. The number of ether oxygens (including phenoxy) is 3. The normalized spacial score (nSPS) is 11.5. The van der Waals surface area contributed by atoms with Gasteiger partial charge < -0.3 is 24.4 Å². The van der Waals surface area contributed by atoms with Crippen molar-refractivity contribution in [2.75, 3.05) is 14.2 Å². The molecule has 120 valence electrons. The third kappa shape index (κ3) is 2.71. The van der Waals surface area contributed by atoms with Crippen molar-refractivity contribution in [2.24, 2.45) is 0 Å². The zero-order chi connectivity index (χ0) is 16.7. The molecule has 2 aromatic rings. The van der Waals surface area contributed by atoms with Crippen LogP contribution in [0.15, 0.2) is 12.1 Å². The van der Waals surface area contributed by atoms with E-state index in [1.54, 1.807) is 19.1 Å². The molecule has 0 aliphatic carbocycles. The minimum atomic E-state index is -0.509. The number of phenolic OH excluding ortho intramolecular Hbond substituents is 2. The van der Waals surface area contributed by atoms with Crippen LogP contribution in [0.25, 0.3) is 10.8 Å². The number of hydrogen-bond acceptors (Lipinski definition) is 5. The number of aromatic hydroxyl groups is 2. The van der Waals surface area contributed by atoms with Gasteiger partial charge in [0.05, 0.1) is 19.6 Å². The van der Waals surface area contributed by atoms with Crippen molar-refractivity contribution in [1.29, 1.82) is 0 Å². The van der Waals surface area contributed by atoms with Crippen LogP contribution in [0, 0.1) is 6.92 Å². The van der Waals surface area contributed by atoms with Crippen LogP contribution < -0.4 is 14.2 Å². The molecule has 0 saturated heterocycles. The summed E-state index contributed by atoms with van der Waals surface area (Å²) in [4.78, 5) is 0. The fourth-order valence-corrected chi connectivity index (χ4v) is 2.33. The third-order valence-corrected chi connectivity index (χ3v) is 3.34. The Hall–Kier alpha value is -2.30. The molecule has 0 radical (unpaired) electrons. The molecule has 0 amide bonds. The summed E-state index contributed by atoms with van der Waals surface area (Å²) in [5.74, 6) is 1.17. The second-order valence-electron chi connectivity index (χ2n) is 6.12. The predicted molar refractivity (Wildman–Crippen MR) is 85.5 cm³/mol. The van der Waals surface area contributed by atoms with Gasteiger partial charge in [-0.3, -0.25) is 0 Å². The lowest BCUT2D eigenvalue weighted by Gasteiger charge is -2.25. The molecule has 0 fully saturated rings. The number of phenols is 2. The summed E-state index contributed by atoms with van der Waals surface area (Å²) >= 11 is 0. The van der Waals surface area contributed by atoms with E-state index in [0.717, 1.165) is 0 Å². The Labute approximate surface area is 130 Å². The van der Waals surface area contributed by atoms with Crippen molar-refractivity contribution in [3.63, 3.8) is 0 Å². The second-order valence-corrected chi connectivity index (χ2v) is 6.12. The number of rotatable bonds is 3. The highest BCUT2D eigenvalue weighted by molar-refractivity contribution is 6.01. The van der Waals surface area contributed by atoms with Crippen LogP contribution >= 0.6 is 0 Å². The van der Waals surface area contributed by atoms with Crippen LogP contribution in [0.1, 0.15) is 26.3 Å². The molecule has 0 heterocycles. The average Bonchev–Trinajstić information content (AvgIpc) is 2.46. The van der Waals surface area contributed by atoms with E-state index in [-0.39, 0.29) is 17.2 Å². The minimum absolute atomic E-state index is 0.0200.